The highest BCUT2D eigenvalue weighted by molar-refractivity contribution is 5.99. The van der Waals surface area contributed by atoms with Gasteiger partial charge in [-0.2, -0.15) is 0 Å². The van der Waals surface area contributed by atoms with Crippen LogP contribution in [0.5, 0.6) is 11.5 Å². The molecule has 3 heteroatoms. The Labute approximate surface area is 141 Å². The smallest absolute Gasteiger partial charge is 0.127 e. The molecule has 0 saturated carbocycles. The topological polar surface area (TPSA) is 38.7 Å². The summed E-state index contributed by atoms with van der Waals surface area (Å²) in [4.78, 5) is 0. The molecule has 0 heterocycles. The summed E-state index contributed by atoms with van der Waals surface area (Å²) < 4.78 is 11.2. The maximum absolute atomic E-state index is 10.8. The maximum atomic E-state index is 10.8. The van der Waals surface area contributed by atoms with Crippen LogP contribution in [0, 0.1) is 0 Å². The minimum absolute atomic E-state index is 0.502. The maximum Gasteiger partial charge on any atom is 0.127 e. The van der Waals surface area contributed by atoms with Gasteiger partial charge in [0.1, 0.15) is 11.5 Å². The molecule has 1 unspecified atom stereocenters. The third-order valence-electron chi connectivity index (χ3n) is 4.88. The molecule has 1 atom stereocenters. The molecule has 0 aliphatic heterocycles. The SMILES string of the molecule is COc1cc2ccc(OC)c3c2c(c1-c1ccccc1)C(O)CC3. The molecule has 3 nitrogen and oxygen atoms in total. The van der Waals surface area contributed by atoms with Crippen LogP contribution in [-0.2, 0) is 6.42 Å². The van der Waals surface area contributed by atoms with E-state index in [4.69, 9.17) is 9.47 Å². The minimum atomic E-state index is -0.502. The Balaban J connectivity index is 2.16. The monoisotopic (exact) mass is 320 g/mol. The van der Waals surface area contributed by atoms with Crippen LogP contribution in [0.3, 0.4) is 0 Å². The molecular weight excluding hydrogens is 300 g/mol. The number of hydrogen-bond acceptors (Lipinski definition) is 3. The van der Waals surface area contributed by atoms with Gasteiger partial charge in [-0.15, -0.1) is 0 Å². The van der Waals surface area contributed by atoms with Crippen molar-refractivity contribution < 1.29 is 14.6 Å². The van der Waals surface area contributed by atoms with Crippen molar-refractivity contribution in [2.45, 2.75) is 18.9 Å². The van der Waals surface area contributed by atoms with E-state index in [1.807, 2.05) is 30.3 Å². The first kappa shape index (κ1) is 15.0. The van der Waals surface area contributed by atoms with E-state index in [0.29, 0.717) is 6.42 Å². The van der Waals surface area contributed by atoms with Gasteiger partial charge >= 0.3 is 0 Å². The fourth-order valence-electron chi connectivity index (χ4n) is 3.82. The first-order chi connectivity index (χ1) is 11.7. The number of benzene rings is 3. The number of aliphatic hydroxyl groups is 1. The zero-order chi connectivity index (χ0) is 16.7. The number of methoxy groups -OCH3 is 2. The first-order valence-electron chi connectivity index (χ1n) is 8.18. The highest BCUT2D eigenvalue weighted by Gasteiger charge is 2.28. The van der Waals surface area contributed by atoms with Crippen molar-refractivity contribution in [2.75, 3.05) is 14.2 Å². The molecule has 3 aromatic carbocycles. The zero-order valence-electron chi connectivity index (χ0n) is 13.9. The number of aliphatic hydroxyl groups excluding tert-OH is 1. The third-order valence-corrected chi connectivity index (χ3v) is 4.88. The van der Waals surface area contributed by atoms with Crippen molar-refractivity contribution in [3.63, 3.8) is 0 Å². The van der Waals surface area contributed by atoms with Crippen molar-refractivity contribution in [3.8, 4) is 22.6 Å². The minimum Gasteiger partial charge on any atom is -0.496 e. The second-order valence-corrected chi connectivity index (χ2v) is 6.13. The summed E-state index contributed by atoms with van der Waals surface area (Å²) in [5.74, 6) is 1.68. The molecule has 0 spiro atoms. The van der Waals surface area contributed by atoms with Gasteiger partial charge in [0.15, 0.2) is 0 Å². The molecular formula is C21H20O3. The van der Waals surface area contributed by atoms with Crippen LogP contribution in [0.15, 0.2) is 48.5 Å². The number of rotatable bonds is 3. The van der Waals surface area contributed by atoms with Crippen molar-refractivity contribution in [1.29, 1.82) is 0 Å². The van der Waals surface area contributed by atoms with Gasteiger partial charge < -0.3 is 14.6 Å². The van der Waals surface area contributed by atoms with Crippen molar-refractivity contribution >= 4 is 10.8 Å². The molecule has 0 amide bonds. The molecule has 0 radical (unpaired) electrons. The van der Waals surface area contributed by atoms with Gasteiger partial charge in [-0.05, 0) is 41.3 Å². The molecule has 24 heavy (non-hydrogen) atoms. The van der Waals surface area contributed by atoms with Crippen molar-refractivity contribution in [3.05, 3.63) is 59.7 Å². The predicted octanol–water partition coefficient (Wildman–Crippen LogP) is 4.50. The van der Waals surface area contributed by atoms with E-state index in [0.717, 1.165) is 45.4 Å². The molecule has 1 aliphatic carbocycles. The van der Waals surface area contributed by atoms with Crippen LogP contribution in [0.1, 0.15) is 23.7 Å². The molecule has 1 aliphatic rings. The predicted molar refractivity (Wildman–Crippen MR) is 95.8 cm³/mol. The molecule has 1 N–H and O–H groups in total. The van der Waals surface area contributed by atoms with E-state index in [9.17, 15) is 5.11 Å². The van der Waals surface area contributed by atoms with E-state index in [2.05, 4.69) is 18.2 Å². The molecule has 0 saturated heterocycles. The van der Waals surface area contributed by atoms with Crippen LogP contribution < -0.4 is 9.47 Å². The molecule has 0 aromatic heterocycles. The third kappa shape index (κ3) is 2.16. The van der Waals surface area contributed by atoms with Gasteiger partial charge in [-0.1, -0.05) is 36.4 Å². The molecule has 4 rings (SSSR count). The van der Waals surface area contributed by atoms with Crippen LogP contribution >= 0.6 is 0 Å². The van der Waals surface area contributed by atoms with Gasteiger partial charge in [-0.3, -0.25) is 0 Å². The Hall–Kier alpha value is -2.52. The van der Waals surface area contributed by atoms with Gasteiger partial charge in [0.2, 0.25) is 0 Å². The summed E-state index contributed by atoms with van der Waals surface area (Å²) in [6.07, 6.45) is 1.00. The molecule has 3 aromatic rings. The van der Waals surface area contributed by atoms with Crippen molar-refractivity contribution in [1.82, 2.24) is 0 Å². The van der Waals surface area contributed by atoms with E-state index in [1.165, 1.54) is 5.56 Å². The highest BCUT2D eigenvalue weighted by Crippen LogP contribution is 2.48. The Morgan fingerprint density at radius 3 is 2.42 bits per heavy atom. The number of ether oxygens (including phenoxy) is 2. The lowest BCUT2D eigenvalue weighted by Gasteiger charge is -2.27. The molecule has 0 bridgehead atoms. The first-order valence-corrected chi connectivity index (χ1v) is 8.18. The average Bonchev–Trinajstić information content (AvgIpc) is 2.64. The van der Waals surface area contributed by atoms with Crippen LogP contribution in [0.4, 0.5) is 0 Å². The normalized spacial score (nSPS) is 16.2. The number of aryl methyl sites for hydroxylation is 1. The van der Waals surface area contributed by atoms with Gasteiger partial charge in [0.05, 0.1) is 20.3 Å². The van der Waals surface area contributed by atoms with Gasteiger partial charge in [0, 0.05) is 16.7 Å². The molecule has 0 fully saturated rings. The largest absolute Gasteiger partial charge is 0.496 e. The van der Waals surface area contributed by atoms with E-state index in [1.54, 1.807) is 14.2 Å². The number of hydrogen-bond donors (Lipinski definition) is 1. The second kappa shape index (κ2) is 5.84. The van der Waals surface area contributed by atoms with E-state index in [-0.39, 0.29) is 0 Å². The van der Waals surface area contributed by atoms with E-state index < -0.39 is 6.10 Å². The summed E-state index contributed by atoms with van der Waals surface area (Å²) >= 11 is 0. The Morgan fingerprint density at radius 2 is 1.71 bits per heavy atom. The van der Waals surface area contributed by atoms with Crippen molar-refractivity contribution in [2.24, 2.45) is 0 Å². The van der Waals surface area contributed by atoms with Gasteiger partial charge in [0.25, 0.3) is 0 Å². The van der Waals surface area contributed by atoms with Gasteiger partial charge in [-0.25, -0.2) is 0 Å². The standard InChI is InChI=1S/C21H20O3/c1-23-17-11-8-14-12-18(24-2)20(13-6-4-3-5-7-13)21-16(22)10-9-15(17)19(14)21/h3-8,11-12,16,22H,9-10H2,1-2H3. The fourth-order valence-corrected chi connectivity index (χ4v) is 3.82. The fraction of sp³-hybridized carbons (Fsp3) is 0.238. The summed E-state index contributed by atoms with van der Waals surface area (Å²) in [7, 11) is 3.38. The Kier molecular flexibility index (Phi) is 3.66. The zero-order valence-corrected chi connectivity index (χ0v) is 13.9. The quantitative estimate of drug-likeness (QED) is 0.772. The van der Waals surface area contributed by atoms with Crippen LogP contribution in [-0.4, -0.2) is 19.3 Å². The summed E-state index contributed by atoms with van der Waals surface area (Å²) in [5, 5.41) is 13.0. The molecule has 122 valence electrons. The van der Waals surface area contributed by atoms with Crippen LogP contribution in [0.25, 0.3) is 21.9 Å². The Morgan fingerprint density at radius 1 is 0.958 bits per heavy atom. The Bertz CT molecular complexity index is 900. The second-order valence-electron chi connectivity index (χ2n) is 6.13. The highest BCUT2D eigenvalue weighted by atomic mass is 16.5. The lowest BCUT2D eigenvalue weighted by Crippen LogP contribution is -2.11. The summed E-state index contributed by atoms with van der Waals surface area (Å²) in [6, 6.07) is 16.2. The summed E-state index contributed by atoms with van der Waals surface area (Å²) in [5.41, 5.74) is 4.17. The lowest BCUT2D eigenvalue weighted by molar-refractivity contribution is 0.166. The van der Waals surface area contributed by atoms with Crippen LogP contribution in [0.2, 0.25) is 0 Å². The lowest BCUT2D eigenvalue weighted by atomic mass is 9.81. The summed E-state index contributed by atoms with van der Waals surface area (Å²) in [6.45, 7) is 0. The van der Waals surface area contributed by atoms with E-state index >= 15 is 0 Å². The average molecular weight is 320 g/mol.